The minimum Gasteiger partial charge on any atom is -0.403 e. The summed E-state index contributed by atoms with van der Waals surface area (Å²) in [6, 6.07) is 17.3. The number of hydrogen-bond donors (Lipinski definition) is 1. The molecule has 0 aliphatic carbocycles. The van der Waals surface area contributed by atoms with Crippen molar-refractivity contribution >= 4 is 34.6 Å². The van der Waals surface area contributed by atoms with Crippen LogP contribution in [0.1, 0.15) is 16.8 Å². The van der Waals surface area contributed by atoms with E-state index in [-0.39, 0.29) is 11.4 Å². The van der Waals surface area contributed by atoms with Crippen LogP contribution in [0.5, 0.6) is 0 Å². The lowest BCUT2D eigenvalue weighted by molar-refractivity contribution is -0.385. The van der Waals surface area contributed by atoms with E-state index >= 15 is 0 Å². The number of rotatable bonds is 5. The number of hydrogen-bond acceptors (Lipinski definition) is 6. The summed E-state index contributed by atoms with van der Waals surface area (Å²) in [4.78, 5) is 21.1. The van der Waals surface area contributed by atoms with Gasteiger partial charge in [-0.05, 0) is 17.7 Å². The smallest absolute Gasteiger partial charge is 0.272 e. The molecule has 1 unspecified atom stereocenters. The van der Waals surface area contributed by atoms with E-state index in [4.69, 9.17) is 33.8 Å². The first-order chi connectivity index (χ1) is 14.4. The Balaban J connectivity index is 1.82. The van der Waals surface area contributed by atoms with Crippen LogP contribution in [0.2, 0.25) is 10.0 Å². The van der Waals surface area contributed by atoms with Gasteiger partial charge in [0, 0.05) is 24.4 Å². The van der Waals surface area contributed by atoms with Crippen molar-refractivity contribution in [2.24, 2.45) is 5.73 Å². The number of halogens is 2. The van der Waals surface area contributed by atoms with E-state index in [0.717, 1.165) is 5.56 Å². The van der Waals surface area contributed by atoms with Crippen LogP contribution in [-0.4, -0.2) is 15.0 Å². The second-order valence-corrected chi connectivity index (χ2v) is 7.51. The van der Waals surface area contributed by atoms with Gasteiger partial charge in [-0.3, -0.25) is 15.1 Å². The standard InChI is InChI=1S/C21H16Cl2N4O3/c22-16-7-4-8-17(23)20(16)18-12-21(24,19-11-15(27(28)29)9-10-25-19)26(30-18)13-14-5-2-1-3-6-14/h1-12H,13,24H2. The van der Waals surface area contributed by atoms with Crippen LogP contribution in [0.3, 0.4) is 0 Å². The van der Waals surface area contributed by atoms with E-state index < -0.39 is 10.6 Å². The summed E-state index contributed by atoms with van der Waals surface area (Å²) in [6.45, 7) is 0.295. The Morgan fingerprint density at radius 1 is 1.10 bits per heavy atom. The van der Waals surface area contributed by atoms with Gasteiger partial charge in [0.1, 0.15) is 0 Å². The van der Waals surface area contributed by atoms with E-state index in [2.05, 4.69) is 4.98 Å². The highest BCUT2D eigenvalue weighted by Gasteiger charge is 2.44. The average Bonchev–Trinajstić information content (AvgIpc) is 3.06. The van der Waals surface area contributed by atoms with E-state index in [1.165, 1.54) is 23.4 Å². The van der Waals surface area contributed by atoms with E-state index in [9.17, 15) is 10.1 Å². The van der Waals surface area contributed by atoms with Gasteiger partial charge in [-0.25, -0.2) is 0 Å². The second kappa shape index (κ2) is 8.04. The molecule has 2 aromatic carbocycles. The van der Waals surface area contributed by atoms with Crippen LogP contribution >= 0.6 is 23.2 Å². The van der Waals surface area contributed by atoms with E-state index in [1.54, 1.807) is 24.3 Å². The van der Waals surface area contributed by atoms with Gasteiger partial charge in [-0.2, -0.15) is 0 Å². The Kier molecular flexibility index (Phi) is 5.44. The summed E-state index contributed by atoms with van der Waals surface area (Å²) < 4.78 is 0. The number of pyridine rings is 1. The van der Waals surface area contributed by atoms with Gasteiger partial charge >= 0.3 is 0 Å². The fourth-order valence-corrected chi connectivity index (χ4v) is 3.79. The number of benzene rings is 2. The molecular formula is C21H16Cl2N4O3. The second-order valence-electron chi connectivity index (χ2n) is 6.70. The molecule has 0 saturated carbocycles. The number of nitro groups is 1. The summed E-state index contributed by atoms with van der Waals surface area (Å²) >= 11 is 12.7. The van der Waals surface area contributed by atoms with Crippen molar-refractivity contribution in [1.29, 1.82) is 0 Å². The molecule has 0 radical (unpaired) electrons. The van der Waals surface area contributed by atoms with Crippen LogP contribution in [0.15, 0.2) is 72.9 Å². The quantitative estimate of drug-likeness (QED) is 0.446. The van der Waals surface area contributed by atoms with Crippen molar-refractivity contribution in [1.82, 2.24) is 10.0 Å². The van der Waals surface area contributed by atoms with Crippen molar-refractivity contribution < 1.29 is 9.76 Å². The SMILES string of the molecule is NC1(c2cc([N+](=O)[O-])ccn2)C=C(c2c(Cl)cccc2Cl)ON1Cc1ccccc1. The zero-order valence-electron chi connectivity index (χ0n) is 15.5. The third kappa shape index (κ3) is 3.76. The fourth-order valence-electron chi connectivity index (χ4n) is 3.21. The van der Waals surface area contributed by atoms with Gasteiger partial charge in [-0.1, -0.05) is 59.6 Å². The lowest BCUT2D eigenvalue weighted by Gasteiger charge is -2.31. The molecule has 1 aromatic heterocycles. The maximum Gasteiger partial charge on any atom is 0.272 e. The van der Waals surface area contributed by atoms with Gasteiger partial charge < -0.3 is 10.6 Å². The topological polar surface area (TPSA) is 94.5 Å². The molecule has 9 heteroatoms. The predicted octanol–water partition coefficient (Wildman–Crippen LogP) is 4.90. The Bertz CT molecular complexity index is 1120. The molecule has 1 atom stereocenters. The third-order valence-electron chi connectivity index (χ3n) is 4.72. The maximum absolute atomic E-state index is 11.3. The summed E-state index contributed by atoms with van der Waals surface area (Å²) in [5, 5.41) is 13.6. The fraction of sp³-hybridized carbons (Fsp3) is 0.0952. The molecule has 4 rings (SSSR count). The van der Waals surface area contributed by atoms with Crippen LogP contribution in [0, 0.1) is 10.1 Å². The van der Waals surface area contributed by atoms with Gasteiger partial charge in [0.25, 0.3) is 5.69 Å². The van der Waals surface area contributed by atoms with Crippen molar-refractivity contribution in [2.75, 3.05) is 0 Å². The zero-order valence-corrected chi connectivity index (χ0v) is 17.0. The molecule has 1 aliphatic rings. The molecule has 30 heavy (non-hydrogen) atoms. The number of nitrogens with zero attached hydrogens (tertiary/aromatic N) is 3. The highest BCUT2D eigenvalue weighted by Crippen LogP contribution is 2.42. The van der Waals surface area contributed by atoms with Crippen molar-refractivity contribution in [3.63, 3.8) is 0 Å². The normalized spacial score (nSPS) is 18.7. The van der Waals surface area contributed by atoms with Gasteiger partial charge in [-0.15, -0.1) is 5.06 Å². The molecule has 1 aliphatic heterocycles. The first-order valence-electron chi connectivity index (χ1n) is 8.95. The van der Waals surface area contributed by atoms with E-state index in [0.29, 0.717) is 27.9 Å². The summed E-state index contributed by atoms with van der Waals surface area (Å²) in [5.41, 5.74) is 6.88. The molecule has 0 saturated heterocycles. The molecule has 152 valence electrons. The Labute approximate surface area is 182 Å². The third-order valence-corrected chi connectivity index (χ3v) is 5.35. The summed E-state index contributed by atoms with van der Waals surface area (Å²) in [6.07, 6.45) is 2.96. The minimum absolute atomic E-state index is 0.123. The van der Waals surface area contributed by atoms with Crippen LogP contribution < -0.4 is 5.73 Å². The lowest BCUT2D eigenvalue weighted by Crippen LogP contribution is -2.48. The highest BCUT2D eigenvalue weighted by atomic mass is 35.5. The molecule has 0 amide bonds. The first kappa shape index (κ1) is 20.3. The molecule has 7 nitrogen and oxygen atoms in total. The molecule has 3 aromatic rings. The maximum atomic E-state index is 11.3. The van der Waals surface area contributed by atoms with Crippen molar-refractivity contribution in [2.45, 2.75) is 12.2 Å². The number of nitrogens with two attached hydrogens (primary N) is 1. The Morgan fingerprint density at radius 3 is 2.47 bits per heavy atom. The molecule has 0 bridgehead atoms. The van der Waals surface area contributed by atoms with Gasteiger partial charge in [0.2, 0.25) is 0 Å². The largest absolute Gasteiger partial charge is 0.403 e. The molecule has 0 spiro atoms. The molecular weight excluding hydrogens is 427 g/mol. The first-order valence-corrected chi connectivity index (χ1v) is 9.70. The Morgan fingerprint density at radius 2 is 1.80 bits per heavy atom. The average molecular weight is 443 g/mol. The summed E-state index contributed by atoms with van der Waals surface area (Å²) in [7, 11) is 0. The van der Waals surface area contributed by atoms with Crippen LogP contribution in [0.4, 0.5) is 5.69 Å². The van der Waals surface area contributed by atoms with Gasteiger partial charge in [0.15, 0.2) is 11.4 Å². The predicted molar refractivity (Wildman–Crippen MR) is 114 cm³/mol. The van der Waals surface area contributed by atoms with E-state index in [1.807, 2.05) is 30.3 Å². The molecule has 2 N–H and O–H groups in total. The van der Waals surface area contributed by atoms with Crippen LogP contribution in [-0.2, 0) is 17.0 Å². The van der Waals surface area contributed by atoms with Gasteiger partial charge in [0.05, 0.1) is 32.8 Å². The highest BCUT2D eigenvalue weighted by molar-refractivity contribution is 6.37. The van der Waals surface area contributed by atoms with Crippen molar-refractivity contribution in [3.8, 4) is 0 Å². The molecule has 2 heterocycles. The van der Waals surface area contributed by atoms with Crippen LogP contribution in [0.25, 0.3) is 5.76 Å². The number of aromatic nitrogens is 1. The number of hydroxylamine groups is 2. The van der Waals surface area contributed by atoms with Crippen molar-refractivity contribution in [3.05, 3.63) is 110 Å². The molecule has 0 fully saturated rings. The summed E-state index contributed by atoms with van der Waals surface area (Å²) in [5.74, 6) is 0.345. The lowest BCUT2D eigenvalue weighted by atomic mass is 10.0. The Hall–Kier alpha value is -2.97. The zero-order chi connectivity index (χ0) is 21.3. The monoisotopic (exact) mass is 442 g/mol. The minimum atomic E-state index is -1.39.